The van der Waals surface area contributed by atoms with Gasteiger partial charge < -0.3 is 4.98 Å². The molecule has 0 saturated carbocycles. The molecule has 2 aromatic rings. The first-order valence-corrected chi connectivity index (χ1v) is 7.20. The molecular weight excluding hydrogens is 263 g/mol. The molecule has 19 heavy (non-hydrogen) atoms. The van der Waals surface area contributed by atoms with E-state index in [1.54, 1.807) is 12.1 Å². The lowest BCUT2D eigenvalue weighted by Crippen LogP contribution is -2.16. The van der Waals surface area contributed by atoms with Gasteiger partial charge in [-0.25, -0.2) is 9.37 Å². The summed E-state index contributed by atoms with van der Waals surface area (Å²) in [6.07, 6.45) is 2.75. The molecule has 3 nitrogen and oxygen atoms in total. The van der Waals surface area contributed by atoms with E-state index in [0.717, 1.165) is 35.4 Å². The van der Waals surface area contributed by atoms with Crippen LogP contribution in [0.15, 0.2) is 34.0 Å². The molecule has 3 rings (SSSR count). The minimum atomic E-state index is -0.242. The highest BCUT2D eigenvalue weighted by Crippen LogP contribution is 2.22. The number of rotatable bonds is 3. The van der Waals surface area contributed by atoms with Crippen LogP contribution in [0.2, 0.25) is 0 Å². The molecule has 1 aliphatic rings. The summed E-state index contributed by atoms with van der Waals surface area (Å²) >= 11 is 1.54. The maximum atomic E-state index is 12.8. The van der Waals surface area contributed by atoms with E-state index in [0.29, 0.717) is 11.6 Å². The summed E-state index contributed by atoms with van der Waals surface area (Å²) in [5, 5.41) is 0. The summed E-state index contributed by atoms with van der Waals surface area (Å²) < 4.78 is 12.8. The lowest BCUT2D eigenvalue weighted by molar-refractivity contribution is 0.626. The molecule has 0 amide bonds. The number of hydrogen-bond donors (Lipinski definition) is 1. The number of aryl methyl sites for hydroxylation is 1. The lowest BCUT2D eigenvalue weighted by atomic mass is 10.2. The molecule has 0 unspecified atom stereocenters. The third-order valence-corrected chi connectivity index (χ3v) is 4.20. The van der Waals surface area contributed by atoms with Crippen molar-refractivity contribution in [2.24, 2.45) is 0 Å². The van der Waals surface area contributed by atoms with Gasteiger partial charge in [-0.2, -0.15) is 0 Å². The third kappa shape index (κ3) is 2.71. The van der Waals surface area contributed by atoms with Crippen LogP contribution in [0, 0.1) is 5.82 Å². The van der Waals surface area contributed by atoms with Crippen molar-refractivity contribution in [2.45, 2.75) is 29.9 Å². The van der Waals surface area contributed by atoms with E-state index in [1.165, 1.54) is 23.9 Å². The average molecular weight is 276 g/mol. The lowest BCUT2D eigenvalue weighted by Gasteiger charge is -2.04. The third-order valence-electron chi connectivity index (χ3n) is 3.18. The Morgan fingerprint density at radius 3 is 2.84 bits per heavy atom. The zero-order valence-corrected chi connectivity index (χ0v) is 11.1. The normalized spacial score (nSPS) is 13.5. The predicted molar refractivity (Wildman–Crippen MR) is 72.8 cm³/mol. The van der Waals surface area contributed by atoms with Crippen molar-refractivity contribution in [1.29, 1.82) is 0 Å². The molecule has 0 atom stereocenters. The van der Waals surface area contributed by atoms with Crippen molar-refractivity contribution in [2.75, 3.05) is 0 Å². The summed E-state index contributed by atoms with van der Waals surface area (Å²) in [6, 6.07) is 6.32. The zero-order chi connectivity index (χ0) is 13.2. The average Bonchev–Trinajstić information content (AvgIpc) is 2.87. The van der Waals surface area contributed by atoms with E-state index >= 15 is 0 Å². The number of benzene rings is 1. The van der Waals surface area contributed by atoms with Gasteiger partial charge in [0, 0.05) is 10.5 Å². The van der Waals surface area contributed by atoms with E-state index in [-0.39, 0.29) is 11.4 Å². The SMILES string of the molecule is O=c1[nH]c(CSc2ccc(F)cc2)nc2c1CCC2. The van der Waals surface area contributed by atoms with Crippen LogP contribution in [-0.2, 0) is 18.6 Å². The smallest absolute Gasteiger partial charge is 0.254 e. The van der Waals surface area contributed by atoms with Crippen molar-refractivity contribution in [3.05, 3.63) is 57.5 Å². The largest absolute Gasteiger partial charge is 0.310 e. The summed E-state index contributed by atoms with van der Waals surface area (Å²) in [6.45, 7) is 0. The van der Waals surface area contributed by atoms with Crippen molar-refractivity contribution in [3.63, 3.8) is 0 Å². The summed E-state index contributed by atoms with van der Waals surface area (Å²) in [5.41, 5.74) is 1.78. The second kappa shape index (κ2) is 5.17. The molecule has 1 aromatic carbocycles. The van der Waals surface area contributed by atoms with Gasteiger partial charge in [0.1, 0.15) is 11.6 Å². The molecule has 1 heterocycles. The highest BCUT2D eigenvalue weighted by atomic mass is 32.2. The fourth-order valence-corrected chi connectivity index (χ4v) is 3.01. The number of nitrogens with zero attached hydrogens (tertiary/aromatic N) is 1. The monoisotopic (exact) mass is 276 g/mol. The van der Waals surface area contributed by atoms with Gasteiger partial charge in [0.15, 0.2) is 0 Å². The number of aromatic amines is 1. The number of fused-ring (bicyclic) bond motifs is 1. The van der Waals surface area contributed by atoms with Crippen molar-refractivity contribution in [1.82, 2.24) is 9.97 Å². The number of hydrogen-bond acceptors (Lipinski definition) is 3. The minimum absolute atomic E-state index is 0.00259. The first kappa shape index (κ1) is 12.4. The van der Waals surface area contributed by atoms with E-state index in [9.17, 15) is 9.18 Å². The Morgan fingerprint density at radius 1 is 1.26 bits per heavy atom. The fourth-order valence-electron chi connectivity index (χ4n) is 2.24. The molecule has 0 aliphatic heterocycles. The Labute approximate surface area is 114 Å². The van der Waals surface area contributed by atoms with Gasteiger partial charge in [-0.1, -0.05) is 0 Å². The maximum absolute atomic E-state index is 12.8. The van der Waals surface area contributed by atoms with E-state index in [4.69, 9.17) is 0 Å². The van der Waals surface area contributed by atoms with E-state index in [2.05, 4.69) is 9.97 Å². The molecule has 0 fully saturated rings. The van der Waals surface area contributed by atoms with Crippen LogP contribution in [0.4, 0.5) is 4.39 Å². The number of nitrogens with one attached hydrogen (secondary N) is 1. The second-order valence-electron chi connectivity index (χ2n) is 4.53. The van der Waals surface area contributed by atoms with Gasteiger partial charge in [-0.05, 0) is 43.5 Å². The van der Waals surface area contributed by atoms with Crippen molar-refractivity contribution >= 4 is 11.8 Å². The number of aromatic nitrogens is 2. The predicted octanol–water partition coefficient (Wildman–Crippen LogP) is 2.69. The standard InChI is InChI=1S/C14H13FN2OS/c15-9-4-6-10(7-5-9)19-8-13-16-12-3-1-2-11(12)14(18)17-13/h4-7H,1-3,8H2,(H,16,17,18). The Morgan fingerprint density at radius 2 is 2.05 bits per heavy atom. The van der Waals surface area contributed by atoms with Gasteiger partial charge in [-0.3, -0.25) is 4.79 Å². The Kier molecular flexibility index (Phi) is 3.38. The maximum Gasteiger partial charge on any atom is 0.254 e. The van der Waals surface area contributed by atoms with Crippen LogP contribution >= 0.6 is 11.8 Å². The van der Waals surface area contributed by atoms with Gasteiger partial charge in [0.25, 0.3) is 5.56 Å². The number of halogens is 1. The topological polar surface area (TPSA) is 45.8 Å². The molecule has 1 aromatic heterocycles. The molecule has 98 valence electrons. The molecule has 1 N–H and O–H groups in total. The van der Waals surface area contributed by atoms with Crippen LogP contribution in [0.3, 0.4) is 0 Å². The van der Waals surface area contributed by atoms with Crippen LogP contribution in [0.1, 0.15) is 23.5 Å². The summed E-state index contributed by atoms with van der Waals surface area (Å²) in [5.74, 6) is 1.04. The van der Waals surface area contributed by atoms with Crippen LogP contribution in [0.5, 0.6) is 0 Å². The van der Waals surface area contributed by atoms with Crippen LogP contribution in [-0.4, -0.2) is 9.97 Å². The first-order chi connectivity index (χ1) is 9.22. The van der Waals surface area contributed by atoms with Gasteiger partial charge in [0.05, 0.1) is 11.4 Å². The number of H-pyrrole nitrogens is 1. The van der Waals surface area contributed by atoms with Gasteiger partial charge in [-0.15, -0.1) is 11.8 Å². The van der Waals surface area contributed by atoms with Gasteiger partial charge >= 0.3 is 0 Å². The Balaban J connectivity index is 1.75. The molecule has 0 radical (unpaired) electrons. The highest BCUT2D eigenvalue weighted by molar-refractivity contribution is 7.98. The van der Waals surface area contributed by atoms with Gasteiger partial charge in [0.2, 0.25) is 0 Å². The molecule has 0 bridgehead atoms. The van der Waals surface area contributed by atoms with Crippen LogP contribution < -0.4 is 5.56 Å². The van der Waals surface area contributed by atoms with Crippen molar-refractivity contribution in [3.8, 4) is 0 Å². The Hall–Kier alpha value is -1.62. The fraction of sp³-hybridized carbons (Fsp3) is 0.286. The molecule has 0 saturated heterocycles. The minimum Gasteiger partial charge on any atom is -0.310 e. The number of thioether (sulfide) groups is 1. The zero-order valence-electron chi connectivity index (χ0n) is 10.3. The first-order valence-electron chi connectivity index (χ1n) is 6.22. The molecule has 0 spiro atoms. The highest BCUT2D eigenvalue weighted by Gasteiger charge is 2.16. The summed E-state index contributed by atoms with van der Waals surface area (Å²) in [7, 11) is 0. The Bertz CT molecular complexity index is 651. The van der Waals surface area contributed by atoms with Crippen LogP contribution in [0.25, 0.3) is 0 Å². The molecule has 1 aliphatic carbocycles. The second-order valence-corrected chi connectivity index (χ2v) is 5.58. The van der Waals surface area contributed by atoms with Crippen molar-refractivity contribution < 1.29 is 4.39 Å². The quantitative estimate of drug-likeness (QED) is 0.877. The van der Waals surface area contributed by atoms with E-state index < -0.39 is 0 Å². The summed E-state index contributed by atoms with van der Waals surface area (Å²) in [4.78, 5) is 20.1. The molecular formula is C14H13FN2OS. The van der Waals surface area contributed by atoms with E-state index in [1.807, 2.05) is 0 Å². The molecule has 5 heteroatoms.